The number of hydrogen-bond acceptors (Lipinski definition) is 5. The van der Waals surface area contributed by atoms with Crippen LogP contribution < -0.4 is 0 Å². The van der Waals surface area contributed by atoms with Gasteiger partial charge in [0.25, 0.3) is 0 Å². The van der Waals surface area contributed by atoms with E-state index in [4.69, 9.17) is 9.47 Å². The van der Waals surface area contributed by atoms with Crippen molar-refractivity contribution >= 4 is 5.97 Å². The van der Waals surface area contributed by atoms with Gasteiger partial charge >= 0.3 is 5.97 Å². The summed E-state index contributed by atoms with van der Waals surface area (Å²) in [6.45, 7) is 5.85. The monoisotopic (exact) mass is 678 g/mol. The van der Waals surface area contributed by atoms with Crippen LogP contribution in [0.4, 0.5) is 0 Å². The third kappa shape index (κ3) is 39.3. The number of hydrogen-bond donors (Lipinski definition) is 0. The van der Waals surface area contributed by atoms with E-state index in [0.29, 0.717) is 6.42 Å². The molecule has 0 spiro atoms. The summed E-state index contributed by atoms with van der Waals surface area (Å²) in [5, 5.41) is 0. The van der Waals surface area contributed by atoms with E-state index in [1.807, 2.05) is 0 Å². The number of nitrogens with zero attached hydrogens (tertiary/aromatic N) is 1. The molecule has 1 unspecified atom stereocenters. The number of unbranched alkanes of at least 4 members (excludes halogenated alkanes) is 23. The zero-order chi connectivity index (χ0) is 35.0. The molecule has 48 heavy (non-hydrogen) atoms. The average Bonchev–Trinajstić information content (AvgIpc) is 3.08. The Morgan fingerprint density at radius 1 is 0.542 bits per heavy atom. The van der Waals surface area contributed by atoms with Crippen molar-refractivity contribution < 1.29 is 19.0 Å². The molecule has 0 fully saturated rings. The molecular weight excluding hydrogens is 594 g/mol. The van der Waals surface area contributed by atoms with Crippen LogP contribution in [-0.4, -0.2) is 64.5 Å². The number of methoxy groups -OCH3 is 1. The first-order chi connectivity index (χ1) is 23.6. The van der Waals surface area contributed by atoms with Crippen LogP contribution in [0, 0.1) is 0 Å². The summed E-state index contributed by atoms with van der Waals surface area (Å²) in [7, 11) is 5.74. The first-order valence-electron chi connectivity index (χ1n) is 20.8. The van der Waals surface area contributed by atoms with Crippen LogP contribution in [0.15, 0.2) is 24.3 Å². The van der Waals surface area contributed by atoms with Gasteiger partial charge in [0.05, 0.1) is 13.2 Å². The zero-order valence-electron chi connectivity index (χ0n) is 32.8. The summed E-state index contributed by atoms with van der Waals surface area (Å²) in [4.78, 5) is 13.3. The average molecular weight is 678 g/mol. The molecule has 0 saturated carbocycles. The molecule has 0 aromatic carbocycles. The standard InChI is InChI=1S/C43H83NO4/c1-5-6-7-8-9-10-11-12-13-17-20-23-26-29-32-35-39-48-42(41-44(2)3)37-40-47-38-34-31-28-25-22-19-16-14-15-18-21-24-27-30-33-36-43(45)46-4/h12-15,42H,5-11,16-41H2,1-4H3/b13-12-,15-14-. The van der Waals surface area contributed by atoms with E-state index in [0.717, 1.165) is 45.6 Å². The van der Waals surface area contributed by atoms with E-state index in [1.54, 1.807) is 0 Å². The van der Waals surface area contributed by atoms with Crippen LogP contribution in [0.5, 0.6) is 0 Å². The van der Waals surface area contributed by atoms with Gasteiger partial charge in [0.2, 0.25) is 0 Å². The molecule has 0 rings (SSSR count). The van der Waals surface area contributed by atoms with Crippen LogP contribution in [0.3, 0.4) is 0 Å². The van der Waals surface area contributed by atoms with Crippen molar-refractivity contribution in [1.29, 1.82) is 0 Å². The summed E-state index contributed by atoms with van der Waals surface area (Å²) in [6.07, 6.45) is 46.2. The highest BCUT2D eigenvalue weighted by molar-refractivity contribution is 5.68. The number of rotatable bonds is 39. The van der Waals surface area contributed by atoms with Gasteiger partial charge in [0, 0.05) is 32.8 Å². The molecule has 0 heterocycles. The molecule has 0 aromatic rings. The number of carbonyl (C=O) groups is 1. The third-order valence-corrected chi connectivity index (χ3v) is 9.22. The molecule has 284 valence electrons. The van der Waals surface area contributed by atoms with Gasteiger partial charge in [0.1, 0.15) is 0 Å². The zero-order valence-corrected chi connectivity index (χ0v) is 32.8. The Balaban J connectivity index is 3.51. The van der Waals surface area contributed by atoms with E-state index in [9.17, 15) is 4.79 Å². The smallest absolute Gasteiger partial charge is 0.305 e. The molecule has 0 amide bonds. The first-order valence-corrected chi connectivity index (χ1v) is 20.8. The van der Waals surface area contributed by atoms with Crippen LogP contribution in [-0.2, 0) is 19.0 Å². The van der Waals surface area contributed by atoms with E-state index in [2.05, 4.69) is 55.0 Å². The van der Waals surface area contributed by atoms with E-state index in [-0.39, 0.29) is 12.1 Å². The third-order valence-electron chi connectivity index (χ3n) is 9.22. The van der Waals surface area contributed by atoms with Crippen molar-refractivity contribution in [2.75, 3.05) is 47.6 Å². The van der Waals surface area contributed by atoms with E-state index >= 15 is 0 Å². The Bertz CT molecular complexity index is 692. The molecule has 5 nitrogen and oxygen atoms in total. The van der Waals surface area contributed by atoms with Gasteiger partial charge in [-0.05, 0) is 91.1 Å². The summed E-state index contributed by atoms with van der Waals surface area (Å²) in [5.74, 6) is -0.0813. The molecule has 5 heteroatoms. The maximum absolute atomic E-state index is 11.1. The van der Waals surface area contributed by atoms with Crippen molar-refractivity contribution in [3.8, 4) is 0 Å². The molecular formula is C43H83NO4. The number of carbonyl (C=O) groups excluding carboxylic acids is 1. The Morgan fingerprint density at radius 2 is 0.958 bits per heavy atom. The van der Waals surface area contributed by atoms with Crippen molar-refractivity contribution in [2.24, 2.45) is 0 Å². The minimum Gasteiger partial charge on any atom is -0.469 e. The van der Waals surface area contributed by atoms with Gasteiger partial charge < -0.3 is 19.1 Å². The molecule has 0 bridgehead atoms. The number of allylic oxidation sites excluding steroid dienone is 4. The molecule has 0 saturated heterocycles. The Kier molecular flexibility index (Phi) is 39.3. The molecule has 0 radical (unpaired) electrons. The number of likely N-dealkylation sites (N-methyl/N-ethyl adjacent to an activating group) is 1. The maximum atomic E-state index is 11.1. The second kappa shape index (κ2) is 40.3. The lowest BCUT2D eigenvalue weighted by Gasteiger charge is -2.21. The van der Waals surface area contributed by atoms with Gasteiger partial charge in [-0.3, -0.25) is 4.79 Å². The SMILES string of the molecule is CCCCCCCC/C=C\CCCCCCCCOC(CCOCCCCCCCC/C=C\CCCCCCCC(=O)OC)CN(C)C. The number of ether oxygens (including phenoxy) is 3. The topological polar surface area (TPSA) is 48.0 Å². The normalized spacial score (nSPS) is 12.6. The predicted molar refractivity (Wildman–Crippen MR) is 209 cm³/mol. The first kappa shape index (κ1) is 46.8. The summed E-state index contributed by atoms with van der Waals surface area (Å²) < 4.78 is 16.9. The fraction of sp³-hybridized carbons (Fsp3) is 0.884. The minimum absolute atomic E-state index is 0.0813. The predicted octanol–water partition coefficient (Wildman–Crippen LogP) is 12.6. The Morgan fingerprint density at radius 3 is 1.42 bits per heavy atom. The van der Waals surface area contributed by atoms with Gasteiger partial charge in [0.15, 0.2) is 0 Å². The Labute approximate surface area is 300 Å². The molecule has 0 aromatic heterocycles. The molecule has 1 atom stereocenters. The lowest BCUT2D eigenvalue weighted by Crippen LogP contribution is -2.30. The molecule has 0 aliphatic carbocycles. The molecule has 0 N–H and O–H groups in total. The summed E-state index contributed by atoms with van der Waals surface area (Å²) in [5.41, 5.74) is 0. The molecule has 0 aliphatic rings. The van der Waals surface area contributed by atoms with E-state index in [1.165, 1.54) is 168 Å². The highest BCUT2D eigenvalue weighted by Crippen LogP contribution is 2.13. The highest BCUT2D eigenvalue weighted by atomic mass is 16.5. The van der Waals surface area contributed by atoms with Gasteiger partial charge in [-0.15, -0.1) is 0 Å². The van der Waals surface area contributed by atoms with E-state index < -0.39 is 0 Å². The molecule has 0 aliphatic heterocycles. The second-order valence-electron chi connectivity index (χ2n) is 14.4. The fourth-order valence-electron chi connectivity index (χ4n) is 6.12. The number of esters is 1. The van der Waals surface area contributed by atoms with Crippen molar-refractivity contribution in [3.05, 3.63) is 24.3 Å². The largest absolute Gasteiger partial charge is 0.469 e. The Hall–Kier alpha value is -1.17. The van der Waals surface area contributed by atoms with Gasteiger partial charge in [-0.25, -0.2) is 0 Å². The minimum atomic E-state index is -0.0813. The van der Waals surface area contributed by atoms with Gasteiger partial charge in [-0.1, -0.05) is 134 Å². The lowest BCUT2D eigenvalue weighted by atomic mass is 10.1. The van der Waals surface area contributed by atoms with Crippen LogP contribution in [0.2, 0.25) is 0 Å². The second-order valence-corrected chi connectivity index (χ2v) is 14.4. The van der Waals surface area contributed by atoms with Gasteiger partial charge in [-0.2, -0.15) is 0 Å². The van der Waals surface area contributed by atoms with Crippen LogP contribution in [0.25, 0.3) is 0 Å². The quantitative estimate of drug-likeness (QED) is 0.0368. The summed E-state index contributed by atoms with van der Waals surface area (Å²) in [6, 6.07) is 0. The van der Waals surface area contributed by atoms with Crippen molar-refractivity contribution in [3.63, 3.8) is 0 Å². The van der Waals surface area contributed by atoms with Crippen molar-refractivity contribution in [2.45, 2.75) is 199 Å². The fourth-order valence-corrected chi connectivity index (χ4v) is 6.12. The maximum Gasteiger partial charge on any atom is 0.305 e. The lowest BCUT2D eigenvalue weighted by molar-refractivity contribution is -0.140. The highest BCUT2D eigenvalue weighted by Gasteiger charge is 2.10. The van der Waals surface area contributed by atoms with Crippen LogP contribution in [0.1, 0.15) is 193 Å². The summed E-state index contributed by atoms with van der Waals surface area (Å²) >= 11 is 0. The van der Waals surface area contributed by atoms with Crippen LogP contribution >= 0.6 is 0 Å². The van der Waals surface area contributed by atoms with Crippen molar-refractivity contribution in [1.82, 2.24) is 4.90 Å².